The van der Waals surface area contributed by atoms with E-state index in [0.29, 0.717) is 13.0 Å². The first-order valence-corrected chi connectivity index (χ1v) is 8.25. The second-order valence-corrected chi connectivity index (χ2v) is 6.38. The number of piperidine rings is 1. The average Bonchev–Trinajstić information content (AvgIpc) is 2.54. The molecule has 0 bridgehead atoms. The number of nitrogens with two attached hydrogens (primary N) is 1. The van der Waals surface area contributed by atoms with Crippen molar-refractivity contribution in [3.05, 3.63) is 34.3 Å². The van der Waals surface area contributed by atoms with Gasteiger partial charge in [0.05, 0.1) is 6.42 Å². The molecule has 2 rings (SSSR count). The van der Waals surface area contributed by atoms with Gasteiger partial charge in [0.25, 0.3) is 5.91 Å². The Morgan fingerprint density at radius 2 is 1.91 bits per heavy atom. The molecule has 0 aliphatic carbocycles. The summed E-state index contributed by atoms with van der Waals surface area (Å²) >= 11 is 3.32. The van der Waals surface area contributed by atoms with Gasteiger partial charge < -0.3 is 15.4 Å². The number of carbonyl (C=O) groups excluding carboxylic acids is 3. The molecule has 1 heterocycles. The first-order chi connectivity index (χ1) is 11.0. The summed E-state index contributed by atoms with van der Waals surface area (Å²) < 4.78 is 5.95. The third-order valence-corrected chi connectivity index (χ3v) is 4.30. The fourth-order valence-electron chi connectivity index (χ4n) is 2.57. The topological polar surface area (TPSA) is 89.7 Å². The number of amides is 2. The van der Waals surface area contributed by atoms with Crippen LogP contribution in [0, 0.1) is 0 Å². The lowest BCUT2D eigenvalue weighted by atomic mass is 10.0. The van der Waals surface area contributed by atoms with Crippen molar-refractivity contribution in [1.29, 1.82) is 0 Å². The highest BCUT2D eigenvalue weighted by Crippen LogP contribution is 2.17. The summed E-state index contributed by atoms with van der Waals surface area (Å²) in [6.07, 6.45) is 2.34. The van der Waals surface area contributed by atoms with Gasteiger partial charge in [-0.15, -0.1) is 0 Å². The summed E-state index contributed by atoms with van der Waals surface area (Å²) in [6.45, 7) is 0.107. The molecule has 0 aromatic heterocycles. The first kappa shape index (κ1) is 17.5. The molecule has 23 heavy (non-hydrogen) atoms. The van der Waals surface area contributed by atoms with Gasteiger partial charge in [-0.3, -0.25) is 14.4 Å². The minimum Gasteiger partial charge on any atom is -0.455 e. The molecule has 0 saturated carbocycles. The van der Waals surface area contributed by atoms with E-state index in [1.54, 1.807) is 12.1 Å². The molecule has 1 saturated heterocycles. The quantitative estimate of drug-likeness (QED) is 0.779. The molecule has 2 N–H and O–H groups in total. The van der Waals surface area contributed by atoms with Gasteiger partial charge in [-0.05, 0) is 37.0 Å². The van der Waals surface area contributed by atoms with Crippen molar-refractivity contribution in [2.24, 2.45) is 5.73 Å². The van der Waals surface area contributed by atoms with E-state index in [9.17, 15) is 14.4 Å². The van der Waals surface area contributed by atoms with E-state index >= 15 is 0 Å². The van der Waals surface area contributed by atoms with Crippen LogP contribution in [0.1, 0.15) is 24.8 Å². The number of carbonyl (C=O) groups is 3. The summed E-state index contributed by atoms with van der Waals surface area (Å²) in [6, 6.07) is 6.68. The van der Waals surface area contributed by atoms with Gasteiger partial charge in [-0.1, -0.05) is 28.1 Å². The summed E-state index contributed by atoms with van der Waals surface area (Å²) in [4.78, 5) is 36.8. The molecule has 1 aromatic carbocycles. The smallest absolute Gasteiger partial charge is 0.310 e. The maximum atomic E-state index is 12.1. The lowest BCUT2D eigenvalue weighted by Gasteiger charge is -2.33. The van der Waals surface area contributed by atoms with Crippen LogP contribution in [0.4, 0.5) is 0 Å². The van der Waals surface area contributed by atoms with Crippen LogP contribution >= 0.6 is 15.9 Å². The van der Waals surface area contributed by atoms with Crippen molar-refractivity contribution < 1.29 is 19.1 Å². The molecular formula is C16H19BrN2O4. The first-order valence-electron chi connectivity index (χ1n) is 7.46. The number of hydrogen-bond donors (Lipinski definition) is 1. The van der Waals surface area contributed by atoms with Crippen LogP contribution in [0.5, 0.6) is 0 Å². The van der Waals surface area contributed by atoms with Crippen LogP contribution in [0.3, 0.4) is 0 Å². The van der Waals surface area contributed by atoms with Crippen molar-refractivity contribution in [3.63, 3.8) is 0 Å². The fourth-order valence-corrected chi connectivity index (χ4v) is 2.84. The monoisotopic (exact) mass is 382 g/mol. The van der Waals surface area contributed by atoms with Crippen LogP contribution in [0.25, 0.3) is 0 Å². The number of likely N-dealkylation sites (tertiary alicyclic amines) is 1. The summed E-state index contributed by atoms with van der Waals surface area (Å²) in [5, 5.41) is 0. The molecule has 0 spiro atoms. The number of ether oxygens (including phenoxy) is 1. The van der Waals surface area contributed by atoms with E-state index < -0.39 is 17.9 Å². The third kappa shape index (κ3) is 5.06. The van der Waals surface area contributed by atoms with Crippen LogP contribution in [-0.2, 0) is 25.5 Å². The number of primary amides is 1. The number of hydrogen-bond acceptors (Lipinski definition) is 4. The highest BCUT2D eigenvalue weighted by Gasteiger charge is 2.30. The van der Waals surface area contributed by atoms with Crippen molar-refractivity contribution in [3.8, 4) is 0 Å². The van der Waals surface area contributed by atoms with Gasteiger partial charge in [0.1, 0.15) is 6.04 Å². The molecule has 2 amide bonds. The molecule has 1 aliphatic heterocycles. The van der Waals surface area contributed by atoms with Gasteiger partial charge in [-0.2, -0.15) is 0 Å². The summed E-state index contributed by atoms with van der Waals surface area (Å²) in [5.41, 5.74) is 6.13. The normalized spacial score (nSPS) is 17.6. The zero-order valence-corrected chi connectivity index (χ0v) is 14.3. The molecule has 1 aromatic rings. The number of rotatable bonds is 5. The predicted octanol–water partition coefficient (Wildman–Crippen LogP) is 1.40. The minimum atomic E-state index is -0.596. The second-order valence-electron chi connectivity index (χ2n) is 5.47. The van der Waals surface area contributed by atoms with Crippen LogP contribution in [0.2, 0.25) is 0 Å². The lowest BCUT2D eigenvalue weighted by Crippen LogP contribution is -2.51. The van der Waals surface area contributed by atoms with E-state index in [1.165, 1.54) is 4.90 Å². The SMILES string of the molecule is NC(=O)[C@@H]1CCCCN1C(=O)COC(=O)Cc1ccc(Br)cc1. The predicted molar refractivity (Wildman–Crippen MR) is 87.4 cm³/mol. The van der Waals surface area contributed by atoms with E-state index in [-0.39, 0.29) is 18.9 Å². The third-order valence-electron chi connectivity index (χ3n) is 3.77. The Morgan fingerprint density at radius 3 is 2.57 bits per heavy atom. The minimum absolute atomic E-state index is 0.0970. The van der Waals surface area contributed by atoms with Gasteiger partial charge in [0, 0.05) is 11.0 Å². The molecule has 7 heteroatoms. The summed E-state index contributed by atoms with van der Waals surface area (Å²) in [5.74, 6) is -1.37. The molecule has 1 atom stereocenters. The van der Waals surface area contributed by atoms with Crippen molar-refractivity contribution in [1.82, 2.24) is 4.90 Å². The Kier molecular flexibility index (Phi) is 6.15. The molecule has 1 aliphatic rings. The molecule has 124 valence electrons. The fraction of sp³-hybridized carbons (Fsp3) is 0.438. The average molecular weight is 383 g/mol. The second kappa shape index (κ2) is 8.10. The highest BCUT2D eigenvalue weighted by molar-refractivity contribution is 9.10. The van der Waals surface area contributed by atoms with Crippen LogP contribution in [0.15, 0.2) is 28.7 Å². The maximum absolute atomic E-state index is 12.1. The number of benzene rings is 1. The maximum Gasteiger partial charge on any atom is 0.310 e. The van der Waals surface area contributed by atoms with Gasteiger partial charge in [-0.25, -0.2) is 0 Å². The Labute approximate surface area is 143 Å². The Morgan fingerprint density at radius 1 is 1.22 bits per heavy atom. The zero-order chi connectivity index (χ0) is 16.8. The van der Waals surface area contributed by atoms with Gasteiger partial charge in [0.15, 0.2) is 6.61 Å². The lowest BCUT2D eigenvalue weighted by molar-refractivity contribution is -0.154. The standard InChI is InChI=1S/C16H19BrN2O4/c17-12-6-4-11(5-7-12)9-15(21)23-10-14(20)19-8-2-1-3-13(19)16(18)22/h4-7,13H,1-3,8-10H2,(H2,18,22)/t13-/m0/s1. The molecule has 0 unspecified atom stereocenters. The van der Waals surface area contributed by atoms with Crippen molar-refractivity contribution in [2.45, 2.75) is 31.7 Å². The van der Waals surface area contributed by atoms with E-state index in [0.717, 1.165) is 22.9 Å². The summed E-state index contributed by atoms with van der Waals surface area (Å²) in [7, 11) is 0. The van der Waals surface area contributed by atoms with Crippen LogP contribution in [-0.4, -0.2) is 41.9 Å². The Balaban J connectivity index is 1.84. The number of nitrogens with zero attached hydrogens (tertiary/aromatic N) is 1. The Bertz CT molecular complexity index is 588. The number of esters is 1. The Hall–Kier alpha value is -1.89. The highest BCUT2D eigenvalue weighted by atomic mass is 79.9. The van der Waals surface area contributed by atoms with Crippen molar-refractivity contribution in [2.75, 3.05) is 13.2 Å². The van der Waals surface area contributed by atoms with Gasteiger partial charge >= 0.3 is 5.97 Å². The van der Waals surface area contributed by atoms with E-state index in [2.05, 4.69) is 15.9 Å². The largest absolute Gasteiger partial charge is 0.455 e. The van der Waals surface area contributed by atoms with Gasteiger partial charge in [0.2, 0.25) is 5.91 Å². The van der Waals surface area contributed by atoms with Crippen molar-refractivity contribution >= 4 is 33.7 Å². The molecule has 0 radical (unpaired) electrons. The van der Waals surface area contributed by atoms with E-state index in [4.69, 9.17) is 10.5 Å². The zero-order valence-electron chi connectivity index (χ0n) is 12.7. The number of halogens is 1. The van der Waals surface area contributed by atoms with E-state index in [1.807, 2.05) is 12.1 Å². The molecular weight excluding hydrogens is 364 g/mol. The molecule has 6 nitrogen and oxygen atoms in total. The molecule has 1 fully saturated rings. The van der Waals surface area contributed by atoms with Crippen LogP contribution < -0.4 is 5.73 Å².